The highest BCUT2D eigenvalue weighted by Crippen LogP contribution is 2.44. The summed E-state index contributed by atoms with van der Waals surface area (Å²) in [5, 5.41) is 12.3. The molecule has 2 atom stereocenters. The Morgan fingerprint density at radius 3 is 2.32 bits per heavy atom. The minimum Gasteiger partial charge on any atom is -0.480 e. The molecule has 180 valence electrons. The minimum atomic E-state index is -0.968. The van der Waals surface area contributed by atoms with Crippen LogP contribution in [0.15, 0.2) is 48.5 Å². The van der Waals surface area contributed by atoms with Gasteiger partial charge < -0.3 is 20.1 Å². The number of nitrogens with zero attached hydrogens (tertiary/aromatic N) is 1. The Hall–Kier alpha value is -3.35. The molecule has 1 saturated heterocycles. The number of nitrogens with one attached hydrogen (secondary N) is 1. The molecule has 2 amide bonds. The van der Waals surface area contributed by atoms with Gasteiger partial charge in [-0.15, -0.1) is 0 Å². The van der Waals surface area contributed by atoms with Gasteiger partial charge in [-0.05, 0) is 47.9 Å². The summed E-state index contributed by atoms with van der Waals surface area (Å²) in [6.07, 6.45) is 2.99. The summed E-state index contributed by atoms with van der Waals surface area (Å²) in [5.74, 6) is -1.23. The van der Waals surface area contributed by atoms with Gasteiger partial charge in [0.2, 0.25) is 5.91 Å². The van der Waals surface area contributed by atoms with E-state index in [1.54, 1.807) is 0 Å². The number of piperidine rings is 1. The first-order valence-electron chi connectivity index (χ1n) is 12.1. The summed E-state index contributed by atoms with van der Waals surface area (Å²) in [4.78, 5) is 38.6. The summed E-state index contributed by atoms with van der Waals surface area (Å²) in [6, 6.07) is 15.1. The second-order valence-corrected chi connectivity index (χ2v) is 9.10. The Bertz CT molecular complexity index is 1010. The third-order valence-corrected chi connectivity index (χ3v) is 6.83. The Balaban J connectivity index is 1.37. The number of fused-ring (bicyclic) bond motifs is 3. The number of aliphatic carboxylic acids is 1. The number of carboxylic acids is 1. The van der Waals surface area contributed by atoms with Gasteiger partial charge in [0.1, 0.15) is 12.6 Å². The van der Waals surface area contributed by atoms with Crippen LogP contribution in [0.2, 0.25) is 0 Å². The predicted octanol–water partition coefficient (Wildman–Crippen LogP) is 4.55. The Kier molecular flexibility index (Phi) is 7.50. The molecular weight excluding hydrogens is 432 g/mol. The van der Waals surface area contributed by atoms with Gasteiger partial charge in [0.25, 0.3) is 0 Å². The van der Waals surface area contributed by atoms with Gasteiger partial charge in [-0.1, -0.05) is 61.9 Å². The van der Waals surface area contributed by atoms with Crippen LogP contribution in [0.25, 0.3) is 11.1 Å². The number of carbonyl (C=O) groups is 3. The maximum Gasteiger partial charge on any atom is 0.407 e. The normalized spacial score (nSPS) is 18.0. The van der Waals surface area contributed by atoms with Crippen molar-refractivity contribution < 1.29 is 24.2 Å². The lowest BCUT2D eigenvalue weighted by atomic mass is 9.98. The standard InChI is InChI=1S/C27H32N2O5/c1-2-9-18(16-25(30)29-15-8-7-14-24(29)26(31)32)28-27(33)34-17-23-21-12-5-3-10-19(21)20-11-4-6-13-22(20)23/h3-6,10-13,18,23-24H,2,7-9,14-17H2,1H3,(H,28,33)(H,31,32)/t18?,24-/m0/s1. The number of hydrogen-bond donors (Lipinski definition) is 2. The topological polar surface area (TPSA) is 95.9 Å². The van der Waals surface area contributed by atoms with Crippen LogP contribution in [0, 0.1) is 0 Å². The first kappa shape index (κ1) is 23.8. The van der Waals surface area contributed by atoms with Crippen LogP contribution in [0.4, 0.5) is 4.79 Å². The zero-order chi connectivity index (χ0) is 24.1. The Labute approximate surface area is 200 Å². The molecule has 0 aromatic heterocycles. The highest BCUT2D eigenvalue weighted by atomic mass is 16.5. The number of carbonyl (C=O) groups excluding carboxylic acids is 2. The van der Waals surface area contributed by atoms with Crippen LogP contribution in [0.1, 0.15) is 62.5 Å². The molecule has 2 aromatic carbocycles. The van der Waals surface area contributed by atoms with Gasteiger partial charge in [-0.25, -0.2) is 9.59 Å². The molecular formula is C27H32N2O5. The lowest BCUT2D eigenvalue weighted by Gasteiger charge is -2.34. The van der Waals surface area contributed by atoms with E-state index >= 15 is 0 Å². The smallest absolute Gasteiger partial charge is 0.407 e. The van der Waals surface area contributed by atoms with Gasteiger partial charge in [-0.2, -0.15) is 0 Å². The Morgan fingerprint density at radius 2 is 1.71 bits per heavy atom. The number of likely N-dealkylation sites (tertiary alicyclic amines) is 1. The molecule has 0 saturated carbocycles. The molecule has 1 aliphatic carbocycles. The van der Waals surface area contributed by atoms with Gasteiger partial charge in [0.15, 0.2) is 0 Å². The average Bonchev–Trinajstić information content (AvgIpc) is 3.16. The lowest BCUT2D eigenvalue weighted by molar-refractivity contribution is -0.152. The van der Waals surface area contributed by atoms with Gasteiger partial charge in [0.05, 0.1) is 0 Å². The summed E-state index contributed by atoms with van der Waals surface area (Å²) < 4.78 is 5.63. The lowest BCUT2D eigenvalue weighted by Crippen LogP contribution is -2.50. The monoisotopic (exact) mass is 464 g/mol. The number of alkyl carbamates (subject to hydrolysis) is 1. The van der Waals surface area contributed by atoms with Crippen molar-refractivity contribution >= 4 is 18.0 Å². The maximum absolute atomic E-state index is 12.9. The first-order chi connectivity index (χ1) is 16.5. The van der Waals surface area contributed by atoms with Crippen LogP contribution < -0.4 is 5.32 Å². The van der Waals surface area contributed by atoms with E-state index in [0.29, 0.717) is 19.4 Å². The van der Waals surface area contributed by atoms with Crippen molar-refractivity contribution in [3.05, 3.63) is 59.7 Å². The SMILES string of the molecule is CCCC(CC(=O)N1CCCC[C@H]1C(=O)O)NC(=O)OCC1c2ccccc2-c2ccccc21. The van der Waals surface area contributed by atoms with Crippen LogP contribution in [-0.4, -0.2) is 53.2 Å². The summed E-state index contributed by atoms with van der Waals surface area (Å²) in [7, 11) is 0. The van der Waals surface area contributed by atoms with E-state index in [9.17, 15) is 19.5 Å². The molecule has 1 aliphatic heterocycles. The number of ether oxygens (including phenoxy) is 1. The third-order valence-electron chi connectivity index (χ3n) is 6.83. The first-order valence-corrected chi connectivity index (χ1v) is 12.1. The van der Waals surface area contributed by atoms with Crippen molar-refractivity contribution in [2.24, 2.45) is 0 Å². The summed E-state index contributed by atoms with van der Waals surface area (Å²) in [6.45, 7) is 2.64. The molecule has 7 nitrogen and oxygen atoms in total. The van der Waals surface area contributed by atoms with E-state index in [1.165, 1.54) is 4.90 Å². The van der Waals surface area contributed by atoms with Crippen LogP contribution >= 0.6 is 0 Å². The molecule has 2 aromatic rings. The zero-order valence-corrected chi connectivity index (χ0v) is 19.5. The summed E-state index contributed by atoms with van der Waals surface area (Å²) in [5.41, 5.74) is 4.61. The van der Waals surface area contributed by atoms with E-state index < -0.39 is 24.1 Å². The van der Waals surface area contributed by atoms with Crippen LogP contribution in [0.5, 0.6) is 0 Å². The number of hydrogen-bond acceptors (Lipinski definition) is 4. The minimum absolute atomic E-state index is 0.0333. The fourth-order valence-corrected chi connectivity index (χ4v) is 5.20. The molecule has 0 radical (unpaired) electrons. The molecule has 1 fully saturated rings. The number of benzene rings is 2. The number of carboxylic acid groups (broad SMARTS) is 1. The predicted molar refractivity (Wildman–Crippen MR) is 129 cm³/mol. The van der Waals surface area contributed by atoms with Gasteiger partial charge in [0, 0.05) is 24.9 Å². The molecule has 7 heteroatoms. The summed E-state index contributed by atoms with van der Waals surface area (Å²) >= 11 is 0. The molecule has 1 heterocycles. The van der Waals surface area contributed by atoms with Crippen molar-refractivity contribution in [3.8, 4) is 11.1 Å². The molecule has 2 aliphatic rings. The fraction of sp³-hybridized carbons (Fsp3) is 0.444. The zero-order valence-electron chi connectivity index (χ0n) is 19.5. The second-order valence-electron chi connectivity index (χ2n) is 9.10. The second kappa shape index (κ2) is 10.7. The molecule has 0 bridgehead atoms. The molecule has 0 spiro atoms. The molecule has 2 N–H and O–H groups in total. The maximum atomic E-state index is 12.9. The van der Waals surface area contributed by atoms with E-state index in [-0.39, 0.29) is 24.9 Å². The van der Waals surface area contributed by atoms with E-state index in [1.807, 2.05) is 31.2 Å². The van der Waals surface area contributed by atoms with Crippen molar-refractivity contribution in [3.63, 3.8) is 0 Å². The molecule has 34 heavy (non-hydrogen) atoms. The number of rotatable bonds is 8. The molecule has 4 rings (SSSR count). The van der Waals surface area contributed by atoms with Gasteiger partial charge >= 0.3 is 12.1 Å². The largest absolute Gasteiger partial charge is 0.480 e. The van der Waals surface area contributed by atoms with E-state index in [0.717, 1.165) is 41.5 Å². The van der Waals surface area contributed by atoms with Crippen molar-refractivity contribution in [2.75, 3.05) is 13.2 Å². The Morgan fingerprint density at radius 1 is 1.06 bits per heavy atom. The quantitative estimate of drug-likeness (QED) is 0.598. The fourth-order valence-electron chi connectivity index (χ4n) is 5.20. The molecule has 1 unspecified atom stereocenters. The average molecular weight is 465 g/mol. The van der Waals surface area contributed by atoms with Crippen LogP contribution in [0.3, 0.4) is 0 Å². The van der Waals surface area contributed by atoms with Crippen molar-refractivity contribution in [1.29, 1.82) is 0 Å². The van der Waals surface area contributed by atoms with E-state index in [4.69, 9.17) is 4.74 Å². The van der Waals surface area contributed by atoms with Crippen molar-refractivity contribution in [2.45, 2.75) is 63.5 Å². The van der Waals surface area contributed by atoms with Crippen molar-refractivity contribution in [1.82, 2.24) is 10.2 Å². The highest BCUT2D eigenvalue weighted by Gasteiger charge is 2.33. The highest BCUT2D eigenvalue weighted by molar-refractivity contribution is 5.84. The van der Waals surface area contributed by atoms with Crippen LogP contribution in [-0.2, 0) is 14.3 Å². The number of amides is 2. The van der Waals surface area contributed by atoms with E-state index in [2.05, 4.69) is 29.6 Å². The van der Waals surface area contributed by atoms with Gasteiger partial charge in [-0.3, -0.25) is 4.79 Å². The third kappa shape index (κ3) is 5.08.